The lowest BCUT2D eigenvalue weighted by Gasteiger charge is -2.05. The Balaban J connectivity index is 2.75. The molecule has 2 aromatic rings. The molecule has 4 heteroatoms. The largest absolute Gasteiger partial charge is 0.499 e. The monoisotopic (exact) mass is 228 g/mol. The van der Waals surface area contributed by atoms with Crippen LogP contribution in [0.25, 0.3) is 10.1 Å². The van der Waals surface area contributed by atoms with E-state index in [0.717, 1.165) is 21.4 Å². The molecule has 0 aliphatic heterocycles. The van der Waals surface area contributed by atoms with Gasteiger partial charge in [-0.1, -0.05) is 11.3 Å². The van der Waals surface area contributed by atoms with Gasteiger partial charge < -0.3 is 9.84 Å². The van der Waals surface area contributed by atoms with Gasteiger partial charge in [-0.15, -0.1) is 11.6 Å². The quantitative estimate of drug-likeness (QED) is 0.799. The van der Waals surface area contributed by atoms with Crippen LogP contribution in [0.15, 0.2) is 18.2 Å². The second-order valence-electron chi connectivity index (χ2n) is 2.88. The first-order chi connectivity index (χ1) is 6.76. The van der Waals surface area contributed by atoms with E-state index in [9.17, 15) is 5.11 Å². The van der Waals surface area contributed by atoms with Crippen LogP contribution in [0.5, 0.6) is 10.8 Å². The Labute approximate surface area is 90.7 Å². The molecule has 0 bridgehead atoms. The van der Waals surface area contributed by atoms with Crippen molar-refractivity contribution in [3.8, 4) is 10.8 Å². The summed E-state index contributed by atoms with van der Waals surface area (Å²) in [4.78, 5) is 0. The molecule has 2 rings (SSSR count). The van der Waals surface area contributed by atoms with Gasteiger partial charge in [-0.2, -0.15) is 0 Å². The van der Waals surface area contributed by atoms with Gasteiger partial charge in [-0.3, -0.25) is 0 Å². The molecule has 0 saturated carbocycles. The van der Waals surface area contributed by atoms with Crippen LogP contribution in [0.3, 0.4) is 0 Å². The van der Waals surface area contributed by atoms with Gasteiger partial charge in [0.15, 0.2) is 5.06 Å². The zero-order valence-corrected chi connectivity index (χ0v) is 9.15. The predicted molar refractivity (Wildman–Crippen MR) is 59.6 cm³/mol. The first-order valence-electron chi connectivity index (χ1n) is 4.10. The van der Waals surface area contributed by atoms with Gasteiger partial charge in [-0.05, 0) is 23.6 Å². The van der Waals surface area contributed by atoms with Gasteiger partial charge in [0.05, 0.1) is 13.0 Å². The number of thiophene rings is 1. The van der Waals surface area contributed by atoms with Crippen molar-refractivity contribution in [1.29, 1.82) is 0 Å². The second kappa shape index (κ2) is 3.67. The van der Waals surface area contributed by atoms with Crippen LogP contribution < -0.4 is 4.74 Å². The van der Waals surface area contributed by atoms with E-state index in [1.165, 1.54) is 11.3 Å². The molecule has 0 aliphatic rings. The zero-order chi connectivity index (χ0) is 10.1. The van der Waals surface area contributed by atoms with E-state index in [2.05, 4.69) is 0 Å². The smallest absolute Gasteiger partial charge is 0.172 e. The lowest BCUT2D eigenvalue weighted by molar-refractivity contribution is 0.412. The molecule has 1 aromatic heterocycles. The number of rotatable bonds is 2. The summed E-state index contributed by atoms with van der Waals surface area (Å²) in [5, 5.41) is 10.7. The van der Waals surface area contributed by atoms with E-state index in [0.29, 0.717) is 10.9 Å². The highest BCUT2D eigenvalue weighted by atomic mass is 35.5. The average molecular weight is 229 g/mol. The molecule has 1 heterocycles. The molecule has 0 atom stereocenters. The van der Waals surface area contributed by atoms with Crippen molar-refractivity contribution in [2.75, 3.05) is 7.11 Å². The van der Waals surface area contributed by atoms with Crippen LogP contribution in [0.2, 0.25) is 0 Å². The van der Waals surface area contributed by atoms with Crippen LogP contribution in [-0.4, -0.2) is 12.2 Å². The van der Waals surface area contributed by atoms with Crippen molar-refractivity contribution >= 4 is 33.0 Å². The fourth-order valence-corrected chi connectivity index (χ4v) is 2.73. The minimum atomic E-state index is 0.305. The van der Waals surface area contributed by atoms with Crippen molar-refractivity contribution in [3.05, 3.63) is 23.8 Å². The summed E-state index contributed by atoms with van der Waals surface area (Å²) in [5.41, 5.74) is 0.942. The number of ether oxygens (including phenoxy) is 1. The number of hydrogen-bond acceptors (Lipinski definition) is 3. The molecule has 2 nitrogen and oxygen atoms in total. The molecule has 0 amide bonds. The molecule has 74 valence electrons. The Morgan fingerprint density at radius 1 is 1.50 bits per heavy atom. The minimum absolute atomic E-state index is 0.305. The van der Waals surface area contributed by atoms with Crippen molar-refractivity contribution in [3.63, 3.8) is 0 Å². The van der Waals surface area contributed by atoms with E-state index in [-0.39, 0.29) is 0 Å². The highest BCUT2D eigenvalue weighted by molar-refractivity contribution is 7.20. The highest BCUT2D eigenvalue weighted by Crippen LogP contribution is 2.37. The van der Waals surface area contributed by atoms with Crippen molar-refractivity contribution in [2.45, 2.75) is 5.88 Å². The van der Waals surface area contributed by atoms with Gasteiger partial charge in [-0.25, -0.2) is 0 Å². The number of benzene rings is 1. The third kappa shape index (κ3) is 1.42. The fraction of sp³-hybridized carbons (Fsp3) is 0.200. The van der Waals surface area contributed by atoms with Gasteiger partial charge in [0.25, 0.3) is 0 Å². The Bertz CT molecular complexity index is 464. The van der Waals surface area contributed by atoms with Gasteiger partial charge in [0.2, 0.25) is 0 Å². The zero-order valence-electron chi connectivity index (χ0n) is 7.58. The molecule has 0 radical (unpaired) electrons. The lowest BCUT2D eigenvalue weighted by Crippen LogP contribution is -1.88. The Morgan fingerprint density at radius 3 is 2.93 bits per heavy atom. The molecule has 1 aromatic carbocycles. The molecule has 0 unspecified atom stereocenters. The SMILES string of the molecule is COc1ccc2cc(O)sc2c1CCl. The van der Waals surface area contributed by atoms with Crippen LogP contribution in [-0.2, 0) is 5.88 Å². The van der Waals surface area contributed by atoms with Crippen LogP contribution >= 0.6 is 22.9 Å². The van der Waals surface area contributed by atoms with E-state index in [4.69, 9.17) is 16.3 Å². The van der Waals surface area contributed by atoms with Gasteiger partial charge in [0, 0.05) is 10.3 Å². The van der Waals surface area contributed by atoms with E-state index in [1.807, 2.05) is 12.1 Å². The number of halogens is 1. The summed E-state index contributed by atoms with van der Waals surface area (Å²) in [7, 11) is 1.62. The van der Waals surface area contributed by atoms with Gasteiger partial charge in [0.1, 0.15) is 5.75 Å². The van der Waals surface area contributed by atoms with Gasteiger partial charge >= 0.3 is 0 Å². The number of fused-ring (bicyclic) bond motifs is 1. The van der Waals surface area contributed by atoms with E-state index >= 15 is 0 Å². The Morgan fingerprint density at radius 2 is 2.29 bits per heavy atom. The fourth-order valence-electron chi connectivity index (χ4n) is 1.45. The molecule has 0 saturated heterocycles. The summed E-state index contributed by atoms with van der Waals surface area (Å²) < 4.78 is 6.19. The van der Waals surface area contributed by atoms with E-state index in [1.54, 1.807) is 13.2 Å². The molecule has 14 heavy (non-hydrogen) atoms. The second-order valence-corrected chi connectivity index (χ2v) is 4.18. The molecular weight excluding hydrogens is 220 g/mol. The molecule has 0 fully saturated rings. The highest BCUT2D eigenvalue weighted by Gasteiger charge is 2.10. The topological polar surface area (TPSA) is 29.5 Å². The minimum Gasteiger partial charge on any atom is -0.499 e. The normalized spacial score (nSPS) is 10.7. The van der Waals surface area contributed by atoms with Crippen LogP contribution in [0, 0.1) is 0 Å². The number of aromatic hydroxyl groups is 1. The maximum atomic E-state index is 9.37. The number of methoxy groups -OCH3 is 1. The average Bonchev–Trinajstić information content (AvgIpc) is 2.56. The predicted octanol–water partition coefficient (Wildman–Crippen LogP) is 3.35. The third-order valence-electron chi connectivity index (χ3n) is 2.09. The van der Waals surface area contributed by atoms with Crippen molar-refractivity contribution in [2.24, 2.45) is 0 Å². The molecular formula is C10H9ClO2S. The van der Waals surface area contributed by atoms with Crippen molar-refractivity contribution < 1.29 is 9.84 Å². The molecule has 0 aliphatic carbocycles. The first kappa shape index (κ1) is 9.62. The summed E-state index contributed by atoms with van der Waals surface area (Å²) in [5.74, 6) is 1.16. The standard InChI is InChI=1S/C10H9ClO2S/c1-13-8-3-2-6-4-9(12)14-10(6)7(8)5-11/h2-4,12H,5H2,1H3. The summed E-state index contributed by atoms with van der Waals surface area (Å²) >= 11 is 7.17. The van der Waals surface area contributed by atoms with Crippen molar-refractivity contribution in [1.82, 2.24) is 0 Å². The van der Waals surface area contributed by atoms with Crippen LogP contribution in [0.4, 0.5) is 0 Å². The third-order valence-corrected chi connectivity index (χ3v) is 3.37. The Hall–Kier alpha value is -0.930. The first-order valence-corrected chi connectivity index (χ1v) is 5.45. The lowest BCUT2D eigenvalue weighted by atomic mass is 10.1. The maximum absolute atomic E-state index is 9.37. The maximum Gasteiger partial charge on any atom is 0.172 e. The summed E-state index contributed by atoms with van der Waals surface area (Å²) in [6.45, 7) is 0. The van der Waals surface area contributed by atoms with E-state index < -0.39 is 0 Å². The summed E-state index contributed by atoms with van der Waals surface area (Å²) in [6, 6.07) is 5.52. The molecule has 0 spiro atoms. The van der Waals surface area contributed by atoms with Crippen LogP contribution in [0.1, 0.15) is 5.56 Å². The Kier molecular flexibility index (Phi) is 2.52. The molecule has 1 N–H and O–H groups in total. The summed E-state index contributed by atoms with van der Waals surface area (Å²) in [6.07, 6.45) is 0. The number of hydrogen-bond donors (Lipinski definition) is 1. The number of alkyl halides is 1.